The molecule has 0 spiro atoms. The molecule has 7 nitrogen and oxygen atoms in total. The maximum Gasteiger partial charge on any atom is 0.308 e. The molecule has 7 heteroatoms. The normalized spacial score (nSPS) is 13.6. The van der Waals surface area contributed by atoms with Gasteiger partial charge >= 0.3 is 17.9 Å². The van der Waals surface area contributed by atoms with Gasteiger partial charge in [-0.05, 0) is 91.3 Å². The van der Waals surface area contributed by atoms with Crippen molar-refractivity contribution in [2.75, 3.05) is 33.9 Å². The molecule has 2 atom stereocenters. The van der Waals surface area contributed by atoms with Gasteiger partial charge in [-0.15, -0.1) is 0 Å². The molecule has 0 saturated heterocycles. The second-order valence-corrected chi connectivity index (χ2v) is 14.7. The number of hydrogen-bond acceptors (Lipinski definition) is 7. The maximum absolute atomic E-state index is 12.6. The number of carbonyl (C=O) groups is 3. The summed E-state index contributed by atoms with van der Waals surface area (Å²) < 4.78 is 16.8. The smallest absolute Gasteiger partial charge is 0.308 e. The van der Waals surface area contributed by atoms with Crippen LogP contribution < -0.4 is 0 Å². The van der Waals surface area contributed by atoms with Crippen molar-refractivity contribution in [2.45, 2.75) is 188 Å². The molecule has 0 aliphatic heterocycles. The average Bonchev–Trinajstić information content (AvgIpc) is 3.09. The molecule has 0 rings (SSSR count). The summed E-state index contributed by atoms with van der Waals surface area (Å²) >= 11 is 0. The van der Waals surface area contributed by atoms with Gasteiger partial charge in [-0.25, -0.2) is 0 Å². The van der Waals surface area contributed by atoms with E-state index in [1.54, 1.807) is 0 Å². The molecule has 0 bridgehead atoms. The molecule has 0 aromatic carbocycles. The zero-order chi connectivity index (χ0) is 37.1. The molecule has 0 aliphatic carbocycles. The van der Waals surface area contributed by atoms with Crippen molar-refractivity contribution in [3.8, 4) is 0 Å². The number of nitrogens with zero attached hydrogens (tertiary/aromatic N) is 1. The Kier molecular flexibility index (Phi) is 33.7. The highest BCUT2D eigenvalue weighted by Crippen LogP contribution is 2.19. The fraction of sp³-hybridized carbons (Fsp3) is 0.837. The molecule has 0 aromatic heterocycles. The fourth-order valence-electron chi connectivity index (χ4n) is 5.93. The van der Waals surface area contributed by atoms with Gasteiger partial charge in [0, 0.05) is 6.42 Å². The number of esters is 3. The fourth-order valence-corrected chi connectivity index (χ4v) is 5.93. The van der Waals surface area contributed by atoms with Crippen LogP contribution in [0.1, 0.15) is 182 Å². The van der Waals surface area contributed by atoms with Crippen LogP contribution in [0.4, 0.5) is 0 Å². The van der Waals surface area contributed by atoms with Gasteiger partial charge in [0.05, 0.1) is 11.8 Å². The number of ether oxygens (including phenoxy) is 3. The van der Waals surface area contributed by atoms with Crippen LogP contribution in [0.5, 0.6) is 0 Å². The number of allylic oxidation sites excluding steroid dienone is 2. The molecule has 292 valence electrons. The van der Waals surface area contributed by atoms with Crippen molar-refractivity contribution in [3.63, 3.8) is 0 Å². The third-order valence-electron chi connectivity index (χ3n) is 9.34. The van der Waals surface area contributed by atoms with E-state index in [-0.39, 0.29) is 35.8 Å². The molecule has 0 N–H and O–H groups in total. The molecule has 0 aliphatic rings. The SMILES string of the molecule is CCCCCC/C=C\COC(=O)C(C)CCCCCCC(CCCCCCC(C)C(=O)OC/C=C\CCCCCC)OC(=O)CCCN(C)C. The van der Waals surface area contributed by atoms with Gasteiger partial charge in [0.1, 0.15) is 19.3 Å². The monoisotopic (exact) mass is 706 g/mol. The van der Waals surface area contributed by atoms with Crippen LogP contribution in [-0.2, 0) is 28.6 Å². The Bertz CT molecular complexity index is 813. The second-order valence-electron chi connectivity index (χ2n) is 14.7. The average molecular weight is 706 g/mol. The van der Waals surface area contributed by atoms with Crippen molar-refractivity contribution in [3.05, 3.63) is 24.3 Å². The summed E-state index contributed by atoms with van der Waals surface area (Å²) in [7, 11) is 4.04. The van der Waals surface area contributed by atoms with Gasteiger partial charge in [0.15, 0.2) is 0 Å². The molecule has 2 unspecified atom stereocenters. The van der Waals surface area contributed by atoms with E-state index in [2.05, 4.69) is 30.9 Å². The highest BCUT2D eigenvalue weighted by atomic mass is 16.5. The summed E-state index contributed by atoms with van der Waals surface area (Å²) in [4.78, 5) is 39.3. The van der Waals surface area contributed by atoms with E-state index in [9.17, 15) is 14.4 Å². The summed E-state index contributed by atoms with van der Waals surface area (Å²) in [6.07, 6.45) is 33.3. The standard InChI is InChI=1S/C43H79NO6/c1-7-9-11-13-15-21-27-36-48-42(46)38(3)30-23-17-19-25-32-40(50-41(45)34-29-35-44(5)6)33-26-20-18-24-31-39(4)43(47)49-37-28-22-16-14-12-10-8-2/h21-22,27-28,38-40H,7-20,23-26,29-37H2,1-6H3/b27-21-,28-22-. The topological polar surface area (TPSA) is 82.1 Å². The molecule has 0 aromatic rings. The number of unbranched alkanes of at least 4 members (excludes halogenated alkanes) is 14. The van der Waals surface area contributed by atoms with Crippen molar-refractivity contribution < 1.29 is 28.6 Å². The lowest BCUT2D eigenvalue weighted by molar-refractivity contribution is -0.150. The third kappa shape index (κ3) is 31.8. The zero-order valence-corrected chi connectivity index (χ0v) is 33.5. The van der Waals surface area contributed by atoms with Crippen LogP contribution in [0, 0.1) is 11.8 Å². The number of carbonyl (C=O) groups excluding carboxylic acids is 3. The van der Waals surface area contributed by atoms with Gasteiger partial charge in [0.2, 0.25) is 0 Å². The largest absolute Gasteiger partial charge is 0.462 e. The van der Waals surface area contributed by atoms with Crippen LogP contribution in [0.15, 0.2) is 24.3 Å². The number of hydrogen-bond donors (Lipinski definition) is 0. The quantitative estimate of drug-likeness (QED) is 0.0281. The first kappa shape index (κ1) is 47.8. The van der Waals surface area contributed by atoms with Gasteiger partial charge in [-0.3, -0.25) is 14.4 Å². The van der Waals surface area contributed by atoms with E-state index in [1.807, 2.05) is 40.1 Å². The Morgan fingerprint density at radius 3 is 1.38 bits per heavy atom. The van der Waals surface area contributed by atoms with E-state index in [0.29, 0.717) is 19.6 Å². The van der Waals surface area contributed by atoms with E-state index in [4.69, 9.17) is 14.2 Å². The first-order chi connectivity index (χ1) is 24.2. The molecule has 0 amide bonds. The summed E-state index contributed by atoms with van der Waals surface area (Å²) in [6, 6.07) is 0. The van der Waals surface area contributed by atoms with E-state index < -0.39 is 0 Å². The molecular formula is C43H79NO6. The lowest BCUT2D eigenvalue weighted by Crippen LogP contribution is -2.20. The summed E-state index contributed by atoms with van der Waals surface area (Å²) in [5, 5.41) is 0. The van der Waals surface area contributed by atoms with Crippen LogP contribution in [0.25, 0.3) is 0 Å². The maximum atomic E-state index is 12.6. The Morgan fingerprint density at radius 1 is 0.540 bits per heavy atom. The highest BCUT2D eigenvalue weighted by Gasteiger charge is 2.17. The van der Waals surface area contributed by atoms with Crippen LogP contribution >= 0.6 is 0 Å². The molecule has 0 fully saturated rings. The van der Waals surface area contributed by atoms with E-state index in [0.717, 1.165) is 103 Å². The van der Waals surface area contributed by atoms with Gasteiger partial charge in [-0.2, -0.15) is 0 Å². The van der Waals surface area contributed by atoms with Crippen LogP contribution in [0.3, 0.4) is 0 Å². The first-order valence-electron chi connectivity index (χ1n) is 20.7. The van der Waals surface area contributed by atoms with Crippen LogP contribution in [0.2, 0.25) is 0 Å². The predicted molar refractivity (Wildman–Crippen MR) is 209 cm³/mol. The summed E-state index contributed by atoms with van der Waals surface area (Å²) in [6.45, 7) is 9.98. The van der Waals surface area contributed by atoms with Crippen molar-refractivity contribution >= 4 is 17.9 Å². The second kappa shape index (κ2) is 35.3. The van der Waals surface area contributed by atoms with Gasteiger partial charge in [0.25, 0.3) is 0 Å². The van der Waals surface area contributed by atoms with Crippen LogP contribution in [-0.4, -0.2) is 62.8 Å². The first-order valence-corrected chi connectivity index (χ1v) is 20.7. The third-order valence-corrected chi connectivity index (χ3v) is 9.34. The van der Waals surface area contributed by atoms with Crippen molar-refractivity contribution in [2.24, 2.45) is 11.8 Å². The molecular weight excluding hydrogens is 626 g/mol. The molecule has 0 heterocycles. The summed E-state index contributed by atoms with van der Waals surface area (Å²) in [5.41, 5.74) is 0. The Hall–Kier alpha value is -2.15. The Balaban J connectivity index is 4.31. The highest BCUT2D eigenvalue weighted by molar-refractivity contribution is 5.72. The molecule has 50 heavy (non-hydrogen) atoms. The molecule has 0 saturated carbocycles. The minimum absolute atomic E-state index is 0.0379. The lowest BCUT2D eigenvalue weighted by atomic mass is 9.99. The Labute approximate surface area is 308 Å². The summed E-state index contributed by atoms with van der Waals surface area (Å²) in [5.74, 6) is -0.455. The van der Waals surface area contributed by atoms with E-state index >= 15 is 0 Å². The predicted octanol–water partition coefficient (Wildman–Crippen LogP) is 11.3. The minimum Gasteiger partial charge on any atom is -0.462 e. The van der Waals surface area contributed by atoms with Gasteiger partial charge in [-0.1, -0.05) is 129 Å². The lowest BCUT2D eigenvalue weighted by Gasteiger charge is -2.19. The zero-order valence-electron chi connectivity index (χ0n) is 33.5. The van der Waals surface area contributed by atoms with Crippen molar-refractivity contribution in [1.82, 2.24) is 4.90 Å². The number of rotatable bonds is 35. The molecule has 0 radical (unpaired) electrons. The Morgan fingerprint density at radius 2 is 0.960 bits per heavy atom. The van der Waals surface area contributed by atoms with Gasteiger partial charge < -0.3 is 19.1 Å². The van der Waals surface area contributed by atoms with Crippen molar-refractivity contribution in [1.29, 1.82) is 0 Å². The minimum atomic E-state index is -0.104. The van der Waals surface area contributed by atoms with E-state index in [1.165, 1.54) is 51.4 Å².